The number of quaternary nitrogens is 1. The van der Waals surface area contributed by atoms with Crippen LogP contribution in [0.15, 0.2) is 65.6 Å². The van der Waals surface area contributed by atoms with E-state index in [9.17, 15) is 32.8 Å². The minimum absolute atomic E-state index is 0.0472. The number of hydrogen-bond donors (Lipinski definition) is 1. The van der Waals surface area contributed by atoms with Crippen LogP contribution in [-0.2, 0) is 11.0 Å². The van der Waals surface area contributed by atoms with E-state index < -0.39 is 23.5 Å². The summed E-state index contributed by atoms with van der Waals surface area (Å²) in [7, 11) is 6.54. The highest BCUT2D eigenvalue weighted by molar-refractivity contribution is 5.84. The summed E-state index contributed by atoms with van der Waals surface area (Å²) in [6.45, 7) is 3.04. The fraction of sp³-hybridized carbons (Fsp3) is 0.432. The van der Waals surface area contributed by atoms with Crippen molar-refractivity contribution >= 4 is 11.9 Å². The molecule has 2 fully saturated rings. The first-order valence-electron chi connectivity index (χ1n) is 17.1. The zero-order chi connectivity index (χ0) is 36.7. The number of carbonyl (C=O) groups excluding carboxylic acids is 2. The molecule has 1 saturated heterocycles. The van der Waals surface area contributed by atoms with Gasteiger partial charge in [0.15, 0.2) is 0 Å². The lowest BCUT2D eigenvalue weighted by Crippen LogP contribution is -2.53. The lowest BCUT2D eigenvalue weighted by Gasteiger charge is -2.41. The molecule has 0 spiro atoms. The van der Waals surface area contributed by atoms with Crippen LogP contribution in [0.4, 0.5) is 18.0 Å². The summed E-state index contributed by atoms with van der Waals surface area (Å²) in [5.74, 6) is 0.0196. The van der Waals surface area contributed by atoms with Gasteiger partial charge in [0.25, 0.3) is 0 Å². The van der Waals surface area contributed by atoms with Crippen LogP contribution in [0.2, 0.25) is 0 Å². The SMILES string of the molecule is Cc1c(-c2ccnn2-c2ccc(C#N)cc2)n(C(=O)NC2CCC(C(=O)N3CCC([N+](C)(C)C)CC3)CC2)c(=O)n1-c1cccc(C(F)(F)F)c1. The van der Waals surface area contributed by atoms with E-state index in [1.165, 1.54) is 23.0 Å². The second kappa shape index (κ2) is 13.9. The summed E-state index contributed by atoms with van der Waals surface area (Å²) in [6, 6.07) is 14.1. The van der Waals surface area contributed by atoms with Crippen molar-refractivity contribution < 1.29 is 27.2 Å². The van der Waals surface area contributed by atoms with Gasteiger partial charge in [-0.3, -0.25) is 9.36 Å². The molecule has 2 aromatic heterocycles. The molecule has 6 rings (SSSR count). The molecule has 268 valence electrons. The summed E-state index contributed by atoms with van der Waals surface area (Å²) >= 11 is 0. The standard InChI is InChI=1S/C37H41F3N8O3/c1-24-33(32-16-19-42-47(32)29-14-8-25(23-41)9-15-29)46(36(51)45(24)30-7-5-6-27(22-30)37(38,39)40)35(50)43-28-12-10-26(11-13-28)34(49)44-20-17-31(18-21-44)48(2,3)4/h5-9,14-16,19,22,26,28,31H,10-13,17-18,20-21H2,1-4H3/p+1. The molecule has 51 heavy (non-hydrogen) atoms. The van der Waals surface area contributed by atoms with Gasteiger partial charge in [-0.1, -0.05) is 6.07 Å². The number of aromatic nitrogens is 4. The van der Waals surface area contributed by atoms with Gasteiger partial charge in [-0.05, 0) is 81.1 Å². The summed E-state index contributed by atoms with van der Waals surface area (Å²) < 4.78 is 45.5. The fourth-order valence-corrected chi connectivity index (χ4v) is 7.43. The lowest BCUT2D eigenvalue weighted by molar-refractivity contribution is -0.897. The maximum absolute atomic E-state index is 14.1. The topological polar surface area (TPSA) is 118 Å². The Kier molecular flexibility index (Phi) is 9.69. The Morgan fingerprint density at radius 2 is 1.61 bits per heavy atom. The molecular formula is C37H42F3N8O3+. The molecule has 0 bridgehead atoms. The zero-order valence-electron chi connectivity index (χ0n) is 29.2. The van der Waals surface area contributed by atoms with Crippen LogP contribution in [-0.4, -0.2) is 86.6 Å². The molecule has 0 radical (unpaired) electrons. The number of carbonyl (C=O) groups is 2. The van der Waals surface area contributed by atoms with Crippen molar-refractivity contribution in [2.24, 2.45) is 5.92 Å². The van der Waals surface area contributed by atoms with Crippen LogP contribution >= 0.6 is 0 Å². The molecule has 1 N–H and O–H groups in total. The van der Waals surface area contributed by atoms with Gasteiger partial charge in [0.2, 0.25) is 5.91 Å². The summed E-state index contributed by atoms with van der Waals surface area (Å²) in [6.07, 6.45) is 1.03. The third-order valence-corrected chi connectivity index (χ3v) is 10.3. The van der Waals surface area contributed by atoms with E-state index in [1.807, 2.05) is 4.90 Å². The average molecular weight is 704 g/mol. The molecule has 3 heterocycles. The first-order chi connectivity index (χ1) is 24.2. The predicted molar refractivity (Wildman–Crippen MR) is 184 cm³/mol. The van der Waals surface area contributed by atoms with Crippen LogP contribution < -0.4 is 11.0 Å². The number of rotatable bonds is 6. The van der Waals surface area contributed by atoms with Gasteiger partial charge in [-0.25, -0.2) is 18.8 Å². The van der Waals surface area contributed by atoms with E-state index in [1.54, 1.807) is 37.3 Å². The highest BCUT2D eigenvalue weighted by Gasteiger charge is 2.36. The second-order valence-corrected chi connectivity index (χ2v) is 14.4. The smallest absolute Gasteiger partial charge is 0.342 e. The van der Waals surface area contributed by atoms with Gasteiger partial charge >= 0.3 is 17.9 Å². The number of nitrogens with zero attached hydrogens (tertiary/aromatic N) is 7. The Balaban J connectivity index is 1.28. The monoisotopic (exact) mass is 703 g/mol. The highest BCUT2D eigenvalue weighted by atomic mass is 19.4. The number of nitriles is 1. The van der Waals surface area contributed by atoms with Crippen LogP contribution in [0.3, 0.4) is 0 Å². The molecule has 2 aliphatic rings. The Hall–Kier alpha value is -5.16. The van der Waals surface area contributed by atoms with Crippen molar-refractivity contribution in [3.8, 4) is 28.8 Å². The van der Waals surface area contributed by atoms with Gasteiger partial charge in [0, 0.05) is 37.9 Å². The number of nitrogens with one attached hydrogen (secondary N) is 1. The largest absolute Gasteiger partial charge is 0.416 e. The molecule has 14 heteroatoms. The molecule has 1 aliphatic carbocycles. The summed E-state index contributed by atoms with van der Waals surface area (Å²) in [4.78, 5) is 43.6. The van der Waals surface area contributed by atoms with Crippen LogP contribution in [0, 0.1) is 24.2 Å². The van der Waals surface area contributed by atoms with Crippen molar-refractivity contribution in [2.45, 2.75) is 63.7 Å². The first kappa shape index (κ1) is 35.7. The number of piperidine rings is 1. The Labute approximate surface area is 294 Å². The van der Waals surface area contributed by atoms with E-state index in [0.29, 0.717) is 48.7 Å². The van der Waals surface area contributed by atoms with Crippen molar-refractivity contribution in [3.63, 3.8) is 0 Å². The van der Waals surface area contributed by atoms with Gasteiger partial charge in [-0.15, -0.1) is 0 Å². The Morgan fingerprint density at radius 1 is 0.941 bits per heavy atom. The van der Waals surface area contributed by atoms with Gasteiger partial charge in [0.1, 0.15) is 5.69 Å². The van der Waals surface area contributed by atoms with Crippen LogP contribution in [0.5, 0.6) is 0 Å². The first-order valence-corrected chi connectivity index (χ1v) is 17.1. The van der Waals surface area contributed by atoms with E-state index in [0.717, 1.165) is 51.7 Å². The van der Waals surface area contributed by atoms with Crippen molar-refractivity contribution in [3.05, 3.63) is 88.1 Å². The second-order valence-electron chi connectivity index (χ2n) is 14.4. The average Bonchev–Trinajstić information content (AvgIpc) is 3.69. The predicted octanol–water partition coefficient (Wildman–Crippen LogP) is 5.50. The van der Waals surface area contributed by atoms with Gasteiger partial charge in [-0.2, -0.15) is 23.5 Å². The van der Waals surface area contributed by atoms with Gasteiger partial charge in [0.05, 0.1) is 73.3 Å². The number of amides is 2. The minimum atomic E-state index is -4.65. The van der Waals surface area contributed by atoms with E-state index in [-0.39, 0.29) is 34.9 Å². The number of benzene rings is 2. The van der Waals surface area contributed by atoms with Crippen molar-refractivity contribution in [1.29, 1.82) is 5.26 Å². The number of halogens is 3. The molecule has 1 aliphatic heterocycles. The van der Waals surface area contributed by atoms with Gasteiger partial charge < -0.3 is 14.7 Å². The summed E-state index contributed by atoms with van der Waals surface area (Å²) in [5, 5.41) is 16.6. The number of hydrogen-bond acceptors (Lipinski definition) is 5. The third kappa shape index (κ3) is 7.21. The fourth-order valence-electron chi connectivity index (χ4n) is 7.43. The maximum atomic E-state index is 14.1. The molecule has 11 nitrogen and oxygen atoms in total. The maximum Gasteiger partial charge on any atom is 0.416 e. The van der Waals surface area contributed by atoms with E-state index >= 15 is 0 Å². The molecule has 0 atom stereocenters. The third-order valence-electron chi connectivity index (χ3n) is 10.3. The Morgan fingerprint density at radius 3 is 2.22 bits per heavy atom. The van der Waals surface area contributed by atoms with Crippen LogP contribution in [0.25, 0.3) is 22.8 Å². The number of imidazole rings is 1. The molecule has 4 aromatic rings. The molecule has 1 saturated carbocycles. The van der Waals surface area contributed by atoms with Crippen molar-refractivity contribution in [2.75, 3.05) is 34.2 Å². The quantitative estimate of drug-likeness (QED) is 0.266. The Bertz CT molecular complexity index is 2020. The lowest BCUT2D eigenvalue weighted by atomic mass is 9.84. The highest BCUT2D eigenvalue weighted by Crippen LogP contribution is 2.33. The summed E-state index contributed by atoms with van der Waals surface area (Å²) in [5.41, 5.74) is -0.121. The number of likely N-dealkylation sites (tertiary alicyclic amines) is 1. The number of alkyl halides is 3. The minimum Gasteiger partial charge on any atom is -0.342 e. The van der Waals surface area contributed by atoms with Crippen LogP contribution in [0.1, 0.15) is 55.3 Å². The van der Waals surface area contributed by atoms with Crippen molar-refractivity contribution in [1.82, 2.24) is 29.1 Å². The zero-order valence-corrected chi connectivity index (χ0v) is 29.2. The molecule has 0 unspecified atom stereocenters. The van der Waals surface area contributed by atoms with E-state index in [2.05, 4.69) is 37.6 Å². The van der Waals surface area contributed by atoms with E-state index in [4.69, 9.17) is 0 Å². The molecule has 2 amide bonds. The molecular weight excluding hydrogens is 661 g/mol. The normalized spacial score (nSPS) is 18.7. The molecule has 2 aromatic carbocycles.